The van der Waals surface area contributed by atoms with Gasteiger partial charge in [0.2, 0.25) is 0 Å². The highest BCUT2D eigenvalue weighted by molar-refractivity contribution is 7.09. The van der Waals surface area contributed by atoms with Crippen molar-refractivity contribution in [2.45, 2.75) is 34.2 Å². The molecule has 0 aliphatic heterocycles. The number of ketones is 1. The van der Waals surface area contributed by atoms with Gasteiger partial charge in [0.25, 0.3) is 0 Å². The van der Waals surface area contributed by atoms with Gasteiger partial charge < -0.3 is 0 Å². The average Bonchev–Trinajstić information content (AvgIpc) is 2.94. The summed E-state index contributed by atoms with van der Waals surface area (Å²) in [6.45, 7) is 10.5. The molecule has 1 heterocycles. The van der Waals surface area contributed by atoms with Crippen LogP contribution >= 0.6 is 11.3 Å². The van der Waals surface area contributed by atoms with Crippen LogP contribution < -0.4 is 0 Å². The number of hydrogen-bond donors (Lipinski definition) is 0. The molecule has 0 aliphatic carbocycles. The van der Waals surface area contributed by atoms with Crippen molar-refractivity contribution in [3.05, 3.63) is 56.8 Å². The minimum atomic E-state index is 0.217. The Bertz CT molecular complexity index is 616. The molecule has 0 aliphatic rings. The highest BCUT2D eigenvalue weighted by Gasteiger charge is 2.15. The molecule has 0 saturated carbocycles. The van der Waals surface area contributed by atoms with Crippen molar-refractivity contribution < 1.29 is 4.79 Å². The van der Waals surface area contributed by atoms with Gasteiger partial charge in [0, 0.05) is 17.0 Å². The predicted molar refractivity (Wildman–Crippen MR) is 90.3 cm³/mol. The Morgan fingerprint density at radius 3 is 2.48 bits per heavy atom. The van der Waals surface area contributed by atoms with Crippen molar-refractivity contribution in [1.29, 1.82) is 0 Å². The van der Waals surface area contributed by atoms with Crippen LogP contribution in [-0.2, 0) is 6.54 Å². The molecule has 3 heteroatoms. The van der Waals surface area contributed by atoms with Gasteiger partial charge in [-0.15, -0.1) is 11.3 Å². The van der Waals surface area contributed by atoms with Gasteiger partial charge in [-0.3, -0.25) is 9.69 Å². The van der Waals surface area contributed by atoms with Gasteiger partial charge in [-0.2, -0.15) is 0 Å². The Morgan fingerprint density at radius 1 is 1.14 bits per heavy atom. The first-order chi connectivity index (χ1) is 10.0. The molecule has 112 valence electrons. The third kappa shape index (κ3) is 4.02. The summed E-state index contributed by atoms with van der Waals surface area (Å²) < 4.78 is 0. The van der Waals surface area contributed by atoms with E-state index in [9.17, 15) is 4.79 Å². The van der Waals surface area contributed by atoms with E-state index in [-0.39, 0.29) is 5.78 Å². The minimum absolute atomic E-state index is 0.217. The van der Waals surface area contributed by atoms with Gasteiger partial charge in [-0.1, -0.05) is 19.1 Å². The number of hydrogen-bond acceptors (Lipinski definition) is 3. The van der Waals surface area contributed by atoms with Crippen molar-refractivity contribution in [1.82, 2.24) is 4.90 Å². The quantitative estimate of drug-likeness (QED) is 0.738. The number of benzene rings is 1. The lowest BCUT2D eigenvalue weighted by Gasteiger charge is -2.19. The van der Waals surface area contributed by atoms with Crippen molar-refractivity contribution >= 4 is 17.1 Å². The number of likely N-dealkylation sites (N-methyl/N-ethyl adjacent to an activating group) is 1. The highest BCUT2D eigenvalue weighted by atomic mass is 32.1. The van der Waals surface area contributed by atoms with E-state index in [4.69, 9.17) is 0 Å². The normalized spacial score (nSPS) is 11.1. The van der Waals surface area contributed by atoms with Crippen molar-refractivity contribution in [2.75, 3.05) is 13.1 Å². The maximum atomic E-state index is 12.6. The smallest absolute Gasteiger partial charge is 0.177 e. The fourth-order valence-electron chi connectivity index (χ4n) is 2.45. The first kappa shape index (κ1) is 15.9. The number of carbonyl (C=O) groups excluding carboxylic acids is 1. The van der Waals surface area contributed by atoms with Gasteiger partial charge >= 0.3 is 0 Å². The van der Waals surface area contributed by atoms with E-state index in [0.717, 1.165) is 24.2 Å². The molecule has 0 atom stereocenters. The van der Waals surface area contributed by atoms with Crippen LogP contribution in [0.4, 0.5) is 0 Å². The fraction of sp³-hybridized carbons (Fsp3) is 0.389. The summed E-state index contributed by atoms with van der Waals surface area (Å²) in [5, 5.41) is 2.08. The third-order valence-corrected chi connectivity index (χ3v) is 4.78. The first-order valence-electron chi connectivity index (χ1n) is 7.37. The van der Waals surface area contributed by atoms with Crippen LogP contribution in [0.2, 0.25) is 0 Å². The number of nitrogens with zero attached hydrogens (tertiary/aromatic N) is 1. The molecule has 2 nitrogen and oxygen atoms in total. The topological polar surface area (TPSA) is 20.3 Å². The molecule has 2 aromatic rings. The van der Waals surface area contributed by atoms with Gasteiger partial charge in [0.1, 0.15) is 0 Å². The molecule has 0 fully saturated rings. The second kappa shape index (κ2) is 7.01. The first-order valence-corrected chi connectivity index (χ1v) is 8.25. The van der Waals surface area contributed by atoms with Crippen LogP contribution in [-0.4, -0.2) is 23.8 Å². The maximum Gasteiger partial charge on any atom is 0.177 e. The molecule has 0 radical (unpaired) electrons. The largest absolute Gasteiger partial charge is 0.293 e. The molecule has 1 aromatic carbocycles. The van der Waals surface area contributed by atoms with E-state index in [0.29, 0.717) is 6.54 Å². The summed E-state index contributed by atoms with van der Waals surface area (Å²) in [6, 6.07) is 8.33. The summed E-state index contributed by atoms with van der Waals surface area (Å²) in [4.78, 5) is 16.1. The second-order valence-corrected chi connectivity index (χ2v) is 6.59. The molecule has 0 spiro atoms. The molecule has 0 unspecified atom stereocenters. The lowest BCUT2D eigenvalue weighted by Crippen LogP contribution is -2.29. The predicted octanol–water partition coefficient (Wildman–Crippen LogP) is 4.38. The van der Waals surface area contributed by atoms with Crippen molar-refractivity contribution in [3.8, 4) is 0 Å². The molecular formula is C18H23NOS. The van der Waals surface area contributed by atoms with Gasteiger partial charge in [0.05, 0.1) is 6.54 Å². The summed E-state index contributed by atoms with van der Waals surface area (Å²) in [6.07, 6.45) is 0. The lowest BCUT2D eigenvalue weighted by atomic mass is 9.98. The van der Waals surface area contributed by atoms with E-state index in [1.165, 1.54) is 16.0 Å². The van der Waals surface area contributed by atoms with E-state index < -0.39 is 0 Å². The molecule has 2 rings (SSSR count). The molecule has 0 N–H and O–H groups in total. The van der Waals surface area contributed by atoms with E-state index in [2.05, 4.69) is 49.3 Å². The zero-order valence-electron chi connectivity index (χ0n) is 13.3. The standard InChI is InChI=1S/C18H23NOS/c1-5-19(11-16-7-6-8-21-16)12-18(20)17-10-14(3)13(2)9-15(17)4/h6-10H,5,11-12H2,1-4H3. The zero-order chi connectivity index (χ0) is 15.4. The minimum Gasteiger partial charge on any atom is -0.293 e. The molecule has 0 saturated heterocycles. The van der Waals surface area contributed by atoms with E-state index in [1.807, 2.05) is 13.0 Å². The molecule has 1 aromatic heterocycles. The van der Waals surface area contributed by atoms with Gasteiger partial charge in [-0.25, -0.2) is 0 Å². The van der Waals surface area contributed by atoms with Crippen molar-refractivity contribution in [2.24, 2.45) is 0 Å². The van der Waals surface area contributed by atoms with Crippen LogP contribution in [0.25, 0.3) is 0 Å². The van der Waals surface area contributed by atoms with Crippen LogP contribution in [0, 0.1) is 20.8 Å². The molecule has 21 heavy (non-hydrogen) atoms. The van der Waals surface area contributed by atoms with Crippen LogP contribution in [0.3, 0.4) is 0 Å². The molecule has 0 amide bonds. The highest BCUT2D eigenvalue weighted by Crippen LogP contribution is 2.17. The fourth-order valence-corrected chi connectivity index (χ4v) is 3.20. The maximum absolute atomic E-state index is 12.6. The Kier molecular flexibility index (Phi) is 5.32. The summed E-state index contributed by atoms with van der Waals surface area (Å²) >= 11 is 1.74. The third-order valence-electron chi connectivity index (χ3n) is 3.92. The van der Waals surface area contributed by atoms with E-state index in [1.54, 1.807) is 11.3 Å². The SMILES string of the molecule is CCN(CC(=O)c1cc(C)c(C)cc1C)Cc1cccs1. The summed E-state index contributed by atoms with van der Waals surface area (Å²) in [5.74, 6) is 0.217. The number of rotatable bonds is 6. The summed E-state index contributed by atoms with van der Waals surface area (Å²) in [5.41, 5.74) is 4.37. The Morgan fingerprint density at radius 2 is 1.86 bits per heavy atom. The number of carbonyl (C=O) groups is 1. The summed E-state index contributed by atoms with van der Waals surface area (Å²) in [7, 11) is 0. The van der Waals surface area contributed by atoms with Gasteiger partial charge in [0.15, 0.2) is 5.78 Å². The van der Waals surface area contributed by atoms with Crippen LogP contribution in [0.5, 0.6) is 0 Å². The number of Topliss-reactive ketones (excluding diaryl/α,β-unsaturated/α-hetero) is 1. The number of thiophene rings is 1. The Labute approximate surface area is 131 Å². The monoisotopic (exact) mass is 301 g/mol. The lowest BCUT2D eigenvalue weighted by molar-refractivity contribution is 0.0929. The van der Waals surface area contributed by atoms with Gasteiger partial charge in [-0.05, 0) is 61.5 Å². The molecule has 0 bridgehead atoms. The van der Waals surface area contributed by atoms with Crippen molar-refractivity contribution in [3.63, 3.8) is 0 Å². The molecular weight excluding hydrogens is 278 g/mol. The van der Waals surface area contributed by atoms with E-state index >= 15 is 0 Å². The Hall–Kier alpha value is -1.45. The average molecular weight is 301 g/mol. The van der Waals surface area contributed by atoms with Crippen LogP contribution in [0.1, 0.15) is 38.8 Å². The van der Waals surface area contributed by atoms with Crippen LogP contribution in [0.15, 0.2) is 29.6 Å². The Balaban J connectivity index is 2.11. The zero-order valence-corrected chi connectivity index (χ0v) is 14.1. The second-order valence-electron chi connectivity index (χ2n) is 5.56. The number of aryl methyl sites for hydroxylation is 3.